The lowest BCUT2D eigenvalue weighted by molar-refractivity contribution is 0.183. The molecular weight excluding hydrogens is 188 g/mol. The maximum absolute atomic E-state index is 5.38. The van der Waals surface area contributed by atoms with Crippen LogP contribution in [0.5, 0.6) is 0 Å². The highest BCUT2D eigenvalue weighted by Crippen LogP contribution is 2.19. The highest BCUT2D eigenvalue weighted by atomic mass is 16.5. The molecule has 0 bridgehead atoms. The van der Waals surface area contributed by atoms with Crippen LogP contribution in [-0.2, 0) is 4.74 Å². The number of ether oxygens (including phenoxy) is 1. The van der Waals surface area contributed by atoms with Crippen LogP contribution in [0.4, 0.5) is 5.82 Å². The summed E-state index contributed by atoms with van der Waals surface area (Å²) in [5, 5.41) is 3.43. The third kappa shape index (κ3) is 2.69. The fraction of sp³-hybridized carbons (Fsp3) is 0.583. The summed E-state index contributed by atoms with van der Waals surface area (Å²) in [4.78, 5) is 4.30. The van der Waals surface area contributed by atoms with E-state index >= 15 is 0 Å². The number of aryl methyl sites for hydroxylation is 1. The van der Waals surface area contributed by atoms with E-state index in [0.717, 1.165) is 25.5 Å². The number of aromatic nitrogens is 1. The van der Waals surface area contributed by atoms with Crippen molar-refractivity contribution in [3.8, 4) is 0 Å². The van der Waals surface area contributed by atoms with E-state index < -0.39 is 0 Å². The largest absolute Gasteiger partial charge is 0.381 e. The van der Waals surface area contributed by atoms with Crippen LogP contribution in [0.25, 0.3) is 0 Å². The smallest absolute Gasteiger partial charge is 0.126 e. The predicted molar refractivity (Wildman–Crippen MR) is 61.0 cm³/mol. The zero-order chi connectivity index (χ0) is 10.7. The molecule has 2 atom stereocenters. The van der Waals surface area contributed by atoms with Crippen molar-refractivity contribution in [2.24, 2.45) is 5.92 Å². The van der Waals surface area contributed by atoms with Gasteiger partial charge in [-0.25, -0.2) is 4.98 Å². The molecule has 0 spiro atoms. The number of hydrogen-bond acceptors (Lipinski definition) is 3. The second-order valence-corrected chi connectivity index (χ2v) is 4.28. The summed E-state index contributed by atoms with van der Waals surface area (Å²) >= 11 is 0. The van der Waals surface area contributed by atoms with E-state index in [1.807, 2.05) is 12.3 Å². The number of rotatable bonds is 3. The van der Waals surface area contributed by atoms with Crippen LogP contribution in [0.15, 0.2) is 18.3 Å². The van der Waals surface area contributed by atoms with Gasteiger partial charge >= 0.3 is 0 Å². The first-order valence-electron chi connectivity index (χ1n) is 5.52. The quantitative estimate of drug-likeness (QED) is 0.823. The molecule has 0 aliphatic carbocycles. The summed E-state index contributed by atoms with van der Waals surface area (Å²) in [5.41, 5.74) is 1.24. The minimum absolute atomic E-state index is 0.432. The molecule has 0 amide bonds. The minimum Gasteiger partial charge on any atom is -0.381 e. The van der Waals surface area contributed by atoms with Crippen LogP contribution in [0, 0.1) is 12.8 Å². The Bertz CT molecular complexity index is 321. The molecule has 1 fully saturated rings. The Hall–Kier alpha value is -1.09. The zero-order valence-corrected chi connectivity index (χ0v) is 9.36. The van der Waals surface area contributed by atoms with Gasteiger partial charge in [-0.05, 0) is 38.0 Å². The lowest BCUT2D eigenvalue weighted by Gasteiger charge is -2.19. The summed E-state index contributed by atoms with van der Waals surface area (Å²) in [6, 6.07) is 4.52. The highest BCUT2D eigenvalue weighted by molar-refractivity contribution is 5.38. The molecule has 82 valence electrons. The molecule has 1 aliphatic heterocycles. The van der Waals surface area contributed by atoms with Crippen LogP contribution in [-0.4, -0.2) is 24.2 Å². The van der Waals surface area contributed by atoms with Crippen molar-refractivity contribution in [3.05, 3.63) is 23.9 Å². The third-order valence-electron chi connectivity index (χ3n) is 2.96. The lowest BCUT2D eigenvalue weighted by Crippen LogP contribution is -2.26. The molecule has 3 nitrogen and oxygen atoms in total. The Morgan fingerprint density at radius 1 is 1.60 bits per heavy atom. The van der Waals surface area contributed by atoms with Crippen LogP contribution >= 0.6 is 0 Å². The topological polar surface area (TPSA) is 34.2 Å². The fourth-order valence-corrected chi connectivity index (χ4v) is 1.91. The summed E-state index contributed by atoms with van der Waals surface area (Å²) in [5.74, 6) is 1.58. The van der Waals surface area contributed by atoms with Gasteiger partial charge in [0.1, 0.15) is 5.82 Å². The average Bonchev–Trinajstić information content (AvgIpc) is 2.70. The van der Waals surface area contributed by atoms with Gasteiger partial charge in [0, 0.05) is 24.8 Å². The molecule has 1 aromatic heterocycles. The highest BCUT2D eigenvalue weighted by Gasteiger charge is 2.22. The van der Waals surface area contributed by atoms with E-state index in [2.05, 4.69) is 30.2 Å². The van der Waals surface area contributed by atoms with Crippen molar-refractivity contribution < 1.29 is 4.74 Å². The monoisotopic (exact) mass is 206 g/mol. The molecule has 0 aromatic carbocycles. The van der Waals surface area contributed by atoms with Crippen molar-refractivity contribution in [3.63, 3.8) is 0 Å². The SMILES string of the molecule is Cc1ccnc(NC(C)C2CCOC2)c1. The van der Waals surface area contributed by atoms with Gasteiger partial charge in [0.2, 0.25) is 0 Å². The Morgan fingerprint density at radius 2 is 2.47 bits per heavy atom. The maximum Gasteiger partial charge on any atom is 0.126 e. The summed E-state index contributed by atoms with van der Waals surface area (Å²) in [7, 11) is 0. The average molecular weight is 206 g/mol. The van der Waals surface area contributed by atoms with Gasteiger partial charge in [0.15, 0.2) is 0 Å². The molecule has 0 radical (unpaired) electrons. The first kappa shape index (κ1) is 10.4. The minimum atomic E-state index is 0.432. The fourth-order valence-electron chi connectivity index (χ4n) is 1.91. The first-order valence-corrected chi connectivity index (χ1v) is 5.52. The molecule has 1 aromatic rings. The Balaban J connectivity index is 1.95. The van der Waals surface area contributed by atoms with E-state index in [4.69, 9.17) is 4.74 Å². The van der Waals surface area contributed by atoms with E-state index in [-0.39, 0.29) is 0 Å². The molecule has 2 rings (SSSR count). The predicted octanol–water partition coefficient (Wildman–Crippen LogP) is 2.23. The van der Waals surface area contributed by atoms with Crippen LogP contribution < -0.4 is 5.32 Å². The number of nitrogens with zero attached hydrogens (tertiary/aromatic N) is 1. The molecule has 15 heavy (non-hydrogen) atoms. The van der Waals surface area contributed by atoms with Crippen LogP contribution in [0.1, 0.15) is 18.9 Å². The first-order chi connectivity index (χ1) is 7.25. The van der Waals surface area contributed by atoms with Gasteiger partial charge in [-0.15, -0.1) is 0 Å². The number of hydrogen-bond donors (Lipinski definition) is 1. The molecule has 1 N–H and O–H groups in total. The Kier molecular flexibility index (Phi) is 3.21. The molecule has 2 unspecified atom stereocenters. The molecule has 2 heterocycles. The van der Waals surface area contributed by atoms with Crippen molar-refractivity contribution >= 4 is 5.82 Å². The van der Waals surface area contributed by atoms with E-state index in [9.17, 15) is 0 Å². The third-order valence-corrected chi connectivity index (χ3v) is 2.96. The molecule has 0 saturated carbocycles. The van der Waals surface area contributed by atoms with E-state index in [1.54, 1.807) is 0 Å². The van der Waals surface area contributed by atoms with Gasteiger partial charge in [-0.1, -0.05) is 0 Å². The number of anilines is 1. The van der Waals surface area contributed by atoms with E-state index in [0.29, 0.717) is 12.0 Å². The van der Waals surface area contributed by atoms with Gasteiger partial charge in [0.05, 0.1) is 6.61 Å². The van der Waals surface area contributed by atoms with E-state index in [1.165, 1.54) is 5.56 Å². The zero-order valence-electron chi connectivity index (χ0n) is 9.36. The van der Waals surface area contributed by atoms with Gasteiger partial charge in [0.25, 0.3) is 0 Å². The summed E-state index contributed by atoms with van der Waals surface area (Å²) in [6.07, 6.45) is 3.00. The summed E-state index contributed by atoms with van der Waals surface area (Å²) in [6.45, 7) is 6.05. The number of pyridine rings is 1. The lowest BCUT2D eigenvalue weighted by atomic mass is 10.0. The van der Waals surface area contributed by atoms with Crippen LogP contribution in [0.3, 0.4) is 0 Å². The molecule has 1 aliphatic rings. The van der Waals surface area contributed by atoms with Crippen molar-refractivity contribution in [2.75, 3.05) is 18.5 Å². The summed E-state index contributed by atoms with van der Waals surface area (Å²) < 4.78 is 5.38. The maximum atomic E-state index is 5.38. The second kappa shape index (κ2) is 4.62. The Labute approximate surface area is 90.9 Å². The molecular formula is C12H18N2O. The molecule has 1 saturated heterocycles. The molecule has 3 heteroatoms. The number of nitrogens with one attached hydrogen (secondary N) is 1. The standard InChI is InChI=1S/C12H18N2O/c1-9-3-5-13-12(7-9)14-10(2)11-4-6-15-8-11/h3,5,7,10-11H,4,6,8H2,1-2H3,(H,13,14). The van der Waals surface area contributed by atoms with Gasteiger partial charge < -0.3 is 10.1 Å². The van der Waals surface area contributed by atoms with Crippen molar-refractivity contribution in [1.29, 1.82) is 0 Å². The Morgan fingerprint density at radius 3 is 3.13 bits per heavy atom. The van der Waals surface area contributed by atoms with Crippen molar-refractivity contribution in [1.82, 2.24) is 4.98 Å². The van der Waals surface area contributed by atoms with Gasteiger partial charge in [-0.2, -0.15) is 0 Å². The van der Waals surface area contributed by atoms with Crippen LogP contribution in [0.2, 0.25) is 0 Å². The van der Waals surface area contributed by atoms with Crippen molar-refractivity contribution in [2.45, 2.75) is 26.3 Å². The normalized spacial score (nSPS) is 22.7. The van der Waals surface area contributed by atoms with Gasteiger partial charge in [-0.3, -0.25) is 0 Å². The second-order valence-electron chi connectivity index (χ2n) is 4.28.